The second-order valence-electron chi connectivity index (χ2n) is 4.68. The molecule has 1 aliphatic heterocycles. The van der Waals surface area contributed by atoms with Gasteiger partial charge in [-0.15, -0.1) is 0 Å². The molecule has 0 radical (unpaired) electrons. The number of carbonyl (C=O) groups excluding carboxylic acids is 2. The first kappa shape index (κ1) is 14.8. The molecular formula is C14H16N2O5. The minimum atomic E-state index is -1.12. The van der Waals surface area contributed by atoms with E-state index in [1.54, 1.807) is 0 Å². The molecule has 1 unspecified atom stereocenters. The maximum atomic E-state index is 11.7. The smallest absolute Gasteiger partial charge is 0.409 e. The highest BCUT2D eigenvalue weighted by molar-refractivity contribution is 5.84. The number of rotatable bonds is 5. The normalized spacial score (nSPS) is 17.6. The van der Waals surface area contributed by atoms with Gasteiger partial charge in [-0.25, -0.2) is 4.79 Å². The summed E-state index contributed by atoms with van der Waals surface area (Å²) < 4.78 is 5.04. The Morgan fingerprint density at radius 2 is 2.05 bits per heavy atom. The van der Waals surface area contributed by atoms with E-state index < -0.39 is 24.8 Å². The van der Waals surface area contributed by atoms with Crippen molar-refractivity contribution >= 4 is 18.0 Å². The van der Waals surface area contributed by atoms with Gasteiger partial charge in [0, 0.05) is 6.42 Å². The molecule has 21 heavy (non-hydrogen) atoms. The van der Waals surface area contributed by atoms with Gasteiger partial charge < -0.3 is 20.1 Å². The van der Waals surface area contributed by atoms with Gasteiger partial charge in [0.05, 0.1) is 0 Å². The molecule has 1 heterocycles. The average Bonchev–Trinajstić information content (AvgIpc) is 2.79. The van der Waals surface area contributed by atoms with Crippen molar-refractivity contribution in [3.05, 3.63) is 35.9 Å². The number of alkyl carbamates (subject to hydrolysis) is 1. The molecule has 2 rings (SSSR count). The van der Waals surface area contributed by atoms with Crippen LogP contribution in [0.4, 0.5) is 4.79 Å². The van der Waals surface area contributed by atoms with Crippen molar-refractivity contribution in [2.75, 3.05) is 6.54 Å². The third kappa shape index (κ3) is 4.20. The summed E-state index contributed by atoms with van der Waals surface area (Å²) in [5.41, 5.74) is 0.845. The second-order valence-corrected chi connectivity index (χ2v) is 4.68. The molecule has 0 saturated carbocycles. The first-order valence-electron chi connectivity index (χ1n) is 6.55. The molecule has 0 aliphatic carbocycles. The molecule has 0 bridgehead atoms. The van der Waals surface area contributed by atoms with Crippen LogP contribution in [0.1, 0.15) is 18.4 Å². The summed E-state index contributed by atoms with van der Waals surface area (Å²) >= 11 is 0. The van der Waals surface area contributed by atoms with E-state index in [9.17, 15) is 14.4 Å². The molecule has 1 aliphatic rings. The molecule has 112 valence electrons. The number of hydrogen-bond acceptors (Lipinski definition) is 4. The lowest BCUT2D eigenvalue weighted by Gasteiger charge is -2.23. The first-order chi connectivity index (χ1) is 10.1. The number of hydrogen-bond donors (Lipinski definition) is 2. The fourth-order valence-electron chi connectivity index (χ4n) is 2.13. The predicted octanol–water partition coefficient (Wildman–Crippen LogP) is 0.946. The summed E-state index contributed by atoms with van der Waals surface area (Å²) in [6.45, 7) is -0.311. The van der Waals surface area contributed by atoms with Gasteiger partial charge in [-0.2, -0.15) is 0 Å². The van der Waals surface area contributed by atoms with Gasteiger partial charge in [-0.05, 0) is 12.0 Å². The van der Waals surface area contributed by atoms with Crippen LogP contribution in [0.15, 0.2) is 30.3 Å². The standard InChI is InChI=1S/C14H16N2O5/c17-12-7-6-11(16(12)8-13(18)19)15-14(20)21-9-10-4-2-1-3-5-10/h1-5,11H,6-9H2,(H,15,20)(H,18,19). The molecule has 2 N–H and O–H groups in total. The van der Waals surface area contributed by atoms with Crippen LogP contribution in [0.3, 0.4) is 0 Å². The maximum Gasteiger partial charge on any atom is 0.409 e. The van der Waals surface area contributed by atoms with E-state index in [1.165, 1.54) is 0 Å². The zero-order valence-corrected chi connectivity index (χ0v) is 11.3. The molecular weight excluding hydrogens is 276 g/mol. The minimum Gasteiger partial charge on any atom is -0.480 e. The summed E-state index contributed by atoms with van der Waals surface area (Å²) in [6.07, 6.45) is -0.700. The molecule has 1 aromatic carbocycles. The Bertz CT molecular complexity index is 531. The van der Waals surface area contributed by atoms with Gasteiger partial charge >= 0.3 is 12.1 Å². The maximum absolute atomic E-state index is 11.7. The van der Waals surface area contributed by atoms with Crippen molar-refractivity contribution in [1.29, 1.82) is 0 Å². The van der Waals surface area contributed by atoms with Gasteiger partial charge in [-0.1, -0.05) is 30.3 Å². The van der Waals surface area contributed by atoms with E-state index in [0.717, 1.165) is 10.5 Å². The quantitative estimate of drug-likeness (QED) is 0.842. The van der Waals surface area contributed by atoms with Crippen LogP contribution < -0.4 is 5.32 Å². The molecule has 7 nitrogen and oxygen atoms in total. The van der Waals surface area contributed by atoms with Gasteiger partial charge in [0.15, 0.2) is 0 Å². The Labute approximate surface area is 121 Å². The van der Waals surface area contributed by atoms with Crippen molar-refractivity contribution < 1.29 is 24.2 Å². The van der Waals surface area contributed by atoms with Crippen LogP contribution in [0.2, 0.25) is 0 Å². The van der Waals surface area contributed by atoms with E-state index in [1.807, 2.05) is 30.3 Å². The van der Waals surface area contributed by atoms with E-state index in [2.05, 4.69) is 5.32 Å². The second kappa shape index (κ2) is 6.74. The summed E-state index contributed by atoms with van der Waals surface area (Å²) in [6, 6.07) is 9.17. The first-order valence-corrected chi connectivity index (χ1v) is 6.55. The Morgan fingerprint density at radius 3 is 2.71 bits per heavy atom. The molecule has 1 aromatic rings. The van der Waals surface area contributed by atoms with Gasteiger partial charge in [-0.3, -0.25) is 9.59 Å². The SMILES string of the molecule is O=C(O)CN1C(=O)CCC1NC(=O)OCc1ccccc1. The third-order valence-electron chi connectivity index (χ3n) is 3.13. The number of nitrogens with zero attached hydrogens (tertiary/aromatic N) is 1. The van der Waals surface area contributed by atoms with Crippen molar-refractivity contribution in [3.63, 3.8) is 0 Å². The predicted molar refractivity (Wildman–Crippen MR) is 72.1 cm³/mol. The summed E-state index contributed by atoms with van der Waals surface area (Å²) in [7, 11) is 0. The Morgan fingerprint density at radius 1 is 1.33 bits per heavy atom. The number of amides is 2. The largest absolute Gasteiger partial charge is 0.480 e. The number of carbonyl (C=O) groups is 3. The van der Waals surface area contributed by atoms with Crippen molar-refractivity contribution in [1.82, 2.24) is 10.2 Å². The molecule has 2 amide bonds. The van der Waals surface area contributed by atoms with Crippen LogP contribution in [0.5, 0.6) is 0 Å². The van der Waals surface area contributed by atoms with E-state index in [0.29, 0.717) is 6.42 Å². The topological polar surface area (TPSA) is 95.9 Å². The molecule has 1 atom stereocenters. The van der Waals surface area contributed by atoms with Crippen LogP contribution >= 0.6 is 0 Å². The average molecular weight is 292 g/mol. The number of nitrogens with one attached hydrogen (secondary N) is 1. The van der Waals surface area contributed by atoms with Gasteiger partial charge in [0.25, 0.3) is 0 Å². The Hall–Kier alpha value is -2.57. The third-order valence-corrected chi connectivity index (χ3v) is 3.13. The number of benzene rings is 1. The fraction of sp³-hybridized carbons (Fsp3) is 0.357. The number of ether oxygens (including phenoxy) is 1. The van der Waals surface area contributed by atoms with Crippen molar-refractivity contribution in [3.8, 4) is 0 Å². The van der Waals surface area contributed by atoms with Crippen LogP contribution in [-0.4, -0.2) is 40.7 Å². The lowest BCUT2D eigenvalue weighted by molar-refractivity contribution is -0.144. The molecule has 1 fully saturated rings. The van der Waals surface area contributed by atoms with E-state index >= 15 is 0 Å². The number of carboxylic acids is 1. The fourth-order valence-corrected chi connectivity index (χ4v) is 2.13. The number of aliphatic carboxylic acids is 1. The van der Waals surface area contributed by atoms with Gasteiger partial charge in [0.2, 0.25) is 5.91 Å². The zero-order valence-electron chi connectivity index (χ0n) is 11.3. The Balaban J connectivity index is 1.84. The zero-order chi connectivity index (χ0) is 15.2. The molecule has 0 aromatic heterocycles. The van der Waals surface area contributed by atoms with Crippen molar-refractivity contribution in [2.45, 2.75) is 25.6 Å². The molecule has 1 saturated heterocycles. The summed E-state index contributed by atoms with van der Waals surface area (Å²) in [5.74, 6) is -1.40. The number of likely N-dealkylation sites (tertiary alicyclic amines) is 1. The Kier molecular flexibility index (Phi) is 4.76. The van der Waals surface area contributed by atoms with E-state index in [4.69, 9.17) is 9.84 Å². The molecule has 7 heteroatoms. The monoisotopic (exact) mass is 292 g/mol. The lowest BCUT2D eigenvalue weighted by atomic mass is 10.2. The van der Waals surface area contributed by atoms with Crippen LogP contribution in [0, 0.1) is 0 Å². The summed E-state index contributed by atoms with van der Waals surface area (Å²) in [4.78, 5) is 35.1. The van der Waals surface area contributed by atoms with Gasteiger partial charge in [0.1, 0.15) is 19.3 Å². The van der Waals surface area contributed by atoms with E-state index in [-0.39, 0.29) is 18.9 Å². The highest BCUT2D eigenvalue weighted by Gasteiger charge is 2.33. The van der Waals surface area contributed by atoms with Crippen LogP contribution in [0.25, 0.3) is 0 Å². The lowest BCUT2D eigenvalue weighted by Crippen LogP contribution is -2.47. The minimum absolute atomic E-state index is 0.117. The highest BCUT2D eigenvalue weighted by atomic mass is 16.5. The summed E-state index contributed by atoms with van der Waals surface area (Å²) in [5, 5.41) is 11.3. The van der Waals surface area contributed by atoms with Crippen LogP contribution in [-0.2, 0) is 20.9 Å². The highest BCUT2D eigenvalue weighted by Crippen LogP contribution is 2.16. The molecule has 0 spiro atoms. The number of carboxylic acid groups (broad SMARTS) is 1. The van der Waals surface area contributed by atoms with Crippen molar-refractivity contribution in [2.24, 2.45) is 0 Å².